The van der Waals surface area contributed by atoms with Crippen LogP contribution >= 0.6 is 11.3 Å². The molecule has 4 nitrogen and oxygen atoms in total. The minimum absolute atomic E-state index is 0.211. The predicted molar refractivity (Wildman–Crippen MR) is 99.9 cm³/mol. The number of hydrogen-bond acceptors (Lipinski definition) is 3. The Balaban J connectivity index is 1.49. The van der Waals surface area contributed by atoms with Gasteiger partial charge < -0.3 is 10.4 Å². The van der Waals surface area contributed by atoms with E-state index in [1.165, 1.54) is 20.5 Å². The zero-order valence-corrected chi connectivity index (χ0v) is 14.5. The van der Waals surface area contributed by atoms with Crippen LogP contribution in [-0.4, -0.2) is 17.0 Å². The van der Waals surface area contributed by atoms with Gasteiger partial charge in [0.25, 0.3) is 0 Å². The molecule has 1 aliphatic carbocycles. The van der Waals surface area contributed by atoms with Gasteiger partial charge in [-0.2, -0.15) is 0 Å². The quantitative estimate of drug-likeness (QED) is 0.725. The van der Waals surface area contributed by atoms with Gasteiger partial charge in [-0.25, -0.2) is 0 Å². The monoisotopic (exact) mass is 351 g/mol. The number of anilines is 1. The molecule has 3 aromatic rings. The molecule has 5 heteroatoms. The summed E-state index contributed by atoms with van der Waals surface area (Å²) in [5.74, 6) is -2.03. The SMILES string of the molecule is Cc1ccc2cc(-c3ccc(NC(=O)[C@@H]4C[C@@H]4C(=O)O)cc3)sc2c1. The average Bonchev–Trinajstić information content (AvgIpc) is 3.29. The van der Waals surface area contributed by atoms with Gasteiger partial charge >= 0.3 is 5.97 Å². The molecule has 1 aromatic heterocycles. The Kier molecular flexibility index (Phi) is 3.81. The highest BCUT2D eigenvalue weighted by atomic mass is 32.1. The number of carboxylic acids is 1. The number of aliphatic carboxylic acids is 1. The van der Waals surface area contributed by atoms with Crippen LogP contribution in [0.2, 0.25) is 0 Å². The zero-order chi connectivity index (χ0) is 17.6. The largest absolute Gasteiger partial charge is 0.481 e. The van der Waals surface area contributed by atoms with E-state index in [0.717, 1.165) is 5.56 Å². The summed E-state index contributed by atoms with van der Waals surface area (Å²) < 4.78 is 1.26. The molecule has 2 atom stereocenters. The lowest BCUT2D eigenvalue weighted by Gasteiger charge is -2.05. The van der Waals surface area contributed by atoms with Crippen LogP contribution in [0.3, 0.4) is 0 Å². The summed E-state index contributed by atoms with van der Waals surface area (Å²) in [5.41, 5.74) is 3.05. The fourth-order valence-electron chi connectivity index (χ4n) is 2.99. The van der Waals surface area contributed by atoms with Crippen LogP contribution in [0.25, 0.3) is 20.5 Å². The predicted octanol–water partition coefficient (Wildman–Crippen LogP) is 4.54. The number of benzene rings is 2. The Morgan fingerprint density at radius 1 is 1.08 bits per heavy atom. The second kappa shape index (κ2) is 6.01. The van der Waals surface area contributed by atoms with Crippen molar-refractivity contribution in [3.63, 3.8) is 0 Å². The number of carbonyl (C=O) groups is 2. The van der Waals surface area contributed by atoms with Gasteiger partial charge in [-0.3, -0.25) is 9.59 Å². The van der Waals surface area contributed by atoms with E-state index < -0.39 is 17.8 Å². The Morgan fingerprint density at radius 3 is 2.52 bits per heavy atom. The van der Waals surface area contributed by atoms with Gasteiger partial charge in [-0.1, -0.05) is 24.3 Å². The van der Waals surface area contributed by atoms with Crippen molar-refractivity contribution in [1.82, 2.24) is 0 Å². The van der Waals surface area contributed by atoms with Crippen molar-refractivity contribution < 1.29 is 14.7 Å². The molecule has 0 saturated heterocycles. The summed E-state index contributed by atoms with van der Waals surface area (Å²) in [5, 5.41) is 12.9. The lowest BCUT2D eigenvalue weighted by molar-refractivity contribution is -0.139. The molecule has 0 unspecified atom stereocenters. The molecule has 0 radical (unpaired) electrons. The number of nitrogens with one attached hydrogen (secondary N) is 1. The highest BCUT2D eigenvalue weighted by molar-refractivity contribution is 7.22. The number of fused-ring (bicyclic) bond motifs is 1. The molecule has 1 aliphatic rings. The normalized spacial score (nSPS) is 18.9. The van der Waals surface area contributed by atoms with Gasteiger partial charge in [0, 0.05) is 15.3 Å². The third-order valence-corrected chi connectivity index (χ3v) is 5.70. The second-order valence-corrected chi connectivity index (χ2v) is 7.59. The van der Waals surface area contributed by atoms with Crippen LogP contribution in [0.1, 0.15) is 12.0 Å². The van der Waals surface area contributed by atoms with Crippen LogP contribution in [0.15, 0.2) is 48.5 Å². The smallest absolute Gasteiger partial charge is 0.307 e. The third kappa shape index (κ3) is 3.15. The first-order valence-electron chi connectivity index (χ1n) is 8.15. The maximum absolute atomic E-state index is 12.0. The van der Waals surface area contributed by atoms with Crippen LogP contribution in [0, 0.1) is 18.8 Å². The number of thiophene rings is 1. The van der Waals surface area contributed by atoms with E-state index in [4.69, 9.17) is 5.11 Å². The van der Waals surface area contributed by atoms with E-state index in [9.17, 15) is 9.59 Å². The van der Waals surface area contributed by atoms with Gasteiger partial charge in [-0.05, 0) is 54.1 Å². The maximum Gasteiger partial charge on any atom is 0.307 e. The van der Waals surface area contributed by atoms with Gasteiger partial charge in [0.1, 0.15) is 0 Å². The van der Waals surface area contributed by atoms with Crippen molar-refractivity contribution in [3.05, 3.63) is 54.1 Å². The van der Waals surface area contributed by atoms with Gasteiger partial charge in [0.2, 0.25) is 5.91 Å². The van der Waals surface area contributed by atoms with E-state index in [2.05, 4.69) is 36.5 Å². The number of aryl methyl sites for hydroxylation is 1. The lowest BCUT2D eigenvalue weighted by atomic mass is 10.1. The van der Waals surface area contributed by atoms with E-state index >= 15 is 0 Å². The standard InChI is InChI=1S/C20H17NO3S/c1-11-2-3-13-9-18(25-17(13)8-11)12-4-6-14(7-5-12)21-19(22)15-10-16(15)20(23)24/h2-9,15-16H,10H2,1H3,(H,21,22)(H,23,24)/t15-,16+/m1/s1. The second-order valence-electron chi connectivity index (χ2n) is 6.51. The molecule has 1 saturated carbocycles. The van der Waals surface area contributed by atoms with E-state index in [-0.39, 0.29) is 5.91 Å². The van der Waals surface area contributed by atoms with E-state index in [0.29, 0.717) is 12.1 Å². The van der Waals surface area contributed by atoms with Gasteiger partial charge in [0.15, 0.2) is 0 Å². The lowest BCUT2D eigenvalue weighted by Crippen LogP contribution is -2.16. The Bertz CT molecular complexity index is 974. The first-order chi connectivity index (χ1) is 12.0. The summed E-state index contributed by atoms with van der Waals surface area (Å²) in [6.07, 6.45) is 0.431. The summed E-state index contributed by atoms with van der Waals surface area (Å²) in [4.78, 5) is 24.1. The van der Waals surface area contributed by atoms with E-state index in [1.54, 1.807) is 11.3 Å². The molecule has 2 N–H and O–H groups in total. The van der Waals surface area contributed by atoms with Crippen LogP contribution in [0.4, 0.5) is 5.69 Å². The van der Waals surface area contributed by atoms with E-state index in [1.807, 2.05) is 24.3 Å². The van der Waals surface area contributed by atoms with Crippen molar-refractivity contribution in [3.8, 4) is 10.4 Å². The average molecular weight is 351 g/mol. The molecule has 4 rings (SSSR count). The summed E-state index contributed by atoms with van der Waals surface area (Å²) in [6.45, 7) is 2.09. The first-order valence-corrected chi connectivity index (χ1v) is 8.97. The maximum atomic E-state index is 12.0. The highest BCUT2D eigenvalue weighted by Crippen LogP contribution is 2.39. The van der Waals surface area contributed by atoms with Crippen LogP contribution in [-0.2, 0) is 9.59 Å². The fraction of sp³-hybridized carbons (Fsp3) is 0.200. The summed E-state index contributed by atoms with van der Waals surface area (Å²) in [7, 11) is 0. The summed E-state index contributed by atoms with van der Waals surface area (Å²) >= 11 is 1.75. The Hall–Kier alpha value is -2.66. The molecule has 2 aromatic carbocycles. The first kappa shape index (κ1) is 15.8. The number of amides is 1. The Labute approximate surface area is 149 Å². The van der Waals surface area contributed by atoms with Crippen molar-refractivity contribution in [2.45, 2.75) is 13.3 Å². The number of rotatable bonds is 4. The molecule has 1 heterocycles. The van der Waals surface area contributed by atoms with Crippen LogP contribution < -0.4 is 5.32 Å². The van der Waals surface area contributed by atoms with Gasteiger partial charge in [0.05, 0.1) is 11.8 Å². The minimum Gasteiger partial charge on any atom is -0.481 e. The molecule has 0 bridgehead atoms. The minimum atomic E-state index is -0.893. The van der Waals surface area contributed by atoms with Crippen molar-refractivity contribution in [2.75, 3.05) is 5.32 Å². The number of carboxylic acid groups (broad SMARTS) is 1. The molecule has 0 aliphatic heterocycles. The molecule has 0 spiro atoms. The molecule has 1 amide bonds. The molecular weight excluding hydrogens is 334 g/mol. The molecule has 126 valence electrons. The topological polar surface area (TPSA) is 66.4 Å². The van der Waals surface area contributed by atoms with Gasteiger partial charge in [-0.15, -0.1) is 11.3 Å². The zero-order valence-electron chi connectivity index (χ0n) is 13.7. The third-order valence-electron chi connectivity index (χ3n) is 4.56. The van der Waals surface area contributed by atoms with Crippen molar-refractivity contribution >= 4 is 39.0 Å². The Morgan fingerprint density at radius 2 is 1.84 bits per heavy atom. The highest BCUT2D eigenvalue weighted by Gasteiger charge is 2.48. The molecule has 1 fully saturated rings. The molecular formula is C20H17NO3S. The van der Waals surface area contributed by atoms with Crippen molar-refractivity contribution in [2.24, 2.45) is 11.8 Å². The van der Waals surface area contributed by atoms with Crippen molar-refractivity contribution in [1.29, 1.82) is 0 Å². The summed E-state index contributed by atoms with van der Waals surface area (Å²) in [6, 6.07) is 16.3. The number of hydrogen-bond donors (Lipinski definition) is 2. The molecule has 25 heavy (non-hydrogen) atoms. The van der Waals surface area contributed by atoms with Crippen LogP contribution in [0.5, 0.6) is 0 Å². The fourth-order valence-corrected chi connectivity index (χ4v) is 4.16. The number of carbonyl (C=O) groups excluding carboxylic acids is 1.